The monoisotopic (exact) mass is 394 g/mol. The Morgan fingerprint density at radius 3 is 2.13 bits per heavy atom. The first-order valence-corrected chi connectivity index (χ1v) is 10.1. The molecule has 0 heterocycles. The van der Waals surface area contributed by atoms with E-state index in [-0.39, 0.29) is 5.92 Å². The summed E-state index contributed by atoms with van der Waals surface area (Å²) in [6.45, 7) is 0.826. The highest BCUT2D eigenvalue weighted by atomic mass is 16.6. The molecule has 30 heavy (non-hydrogen) atoms. The second-order valence-electron chi connectivity index (χ2n) is 7.49. The van der Waals surface area contributed by atoms with Gasteiger partial charge < -0.3 is 4.74 Å². The molecule has 0 radical (unpaired) electrons. The van der Waals surface area contributed by atoms with Crippen LogP contribution < -0.4 is 10.9 Å². The summed E-state index contributed by atoms with van der Waals surface area (Å²) in [5.41, 5.74) is 11.5. The fraction of sp³-hybridized carbons (Fsp3) is 0.115. The maximum absolute atomic E-state index is 12.2. The fourth-order valence-electron chi connectivity index (χ4n) is 4.20. The predicted octanol–water partition coefficient (Wildman–Crippen LogP) is 5.38. The zero-order chi connectivity index (χ0) is 20.3. The third-order valence-corrected chi connectivity index (χ3v) is 5.64. The second kappa shape index (κ2) is 8.01. The maximum Gasteiger partial charge on any atom is 0.421 e. The van der Waals surface area contributed by atoms with Gasteiger partial charge in [0.2, 0.25) is 0 Å². The average Bonchev–Trinajstić information content (AvgIpc) is 3.11. The largest absolute Gasteiger partial charge is 0.448 e. The highest BCUT2D eigenvalue weighted by Gasteiger charge is 2.28. The number of amides is 1. The quantitative estimate of drug-likeness (QED) is 0.447. The van der Waals surface area contributed by atoms with Crippen LogP contribution >= 0.6 is 0 Å². The van der Waals surface area contributed by atoms with Gasteiger partial charge in [0, 0.05) is 12.5 Å². The van der Waals surface area contributed by atoms with E-state index in [4.69, 9.17) is 4.74 Å². The summed E-state index contributed by atoms with van der Waals surface area (Å²) in [7, 11) is 0. The normalized spacial score (nSPS) is 12.4. The van der Waals surface area contributed by atoms with Crippen LogP contribution in [0.25, 0.3) is 21.9 Å². The summed E-state index contributed by atoms with van der Waals surface area (Å²) in [5, 5.41) is 2.38. The van der Waals surface area contributed by atoms with E-state index in [1.807, 2.05) is 36.4 Å². The molecule has 0 spiro atoms. The first-order chi connectivity index (χ1) is 14.8. The molecular formula is C26H22N2O2. The van der Waals surface area contributed by atoms with E-state index in [0.717, 1.165) is 5.56 Å². The van der Waals surface area contributed by atoms with E-state index in [2.05, 4.69) is 65.4 Å². The van der Waals surface area contributed by atoms with Crippen molar-refractivity contribution >= 4 is 16.9 Å². The van der Waals surface area contributed by atoms with Gasteiger partial charge in [0.05, 0.1) is 0 Å². The van der Waals surface area contributed by atoms with Gasteiger partial charge in [0.1, 0.15) is 6.61 Å². The summed E-state index contributed by atoms with van der Waals surface area (Å²) < 4.78 is 5.54. The Hall–Kier alpha value is -3.63. The van der Waals surface area contributed by atoms with Crippen LogP contribution in [0.15, 0.2) is 91.0 Å². The fourth-order valence-corrected chi connectivity index (χ4v) is 4.20. The molecule has 0 saturated carbocycles. The zero-order valence-corrected chi connectivity index (χ0v) is 16.5. The Morgan fingerprint density at radius 2 is 1.40 bits per heavy atom. The van der Waals surface area contributed by atoms with Crippen LogP contribution in [-0.4, -0.2) is 12.7 Å². The van der Waals surface area contributed by atoms with Crippen LogP contribution in [0.3, 0.4) is 0 Å². The lowest BCUT2D eigenvalue weighted by Gasteiger charge is -2.15. The van der Waals surface area contributed by atoms with Gasteiger partial charge >= 0.3 is 6.09 Å². The molecule has 5 rings (SSSR count). The van der Waals surface area contributed by atoms with Crippen molar-refractivity contribution in [2.24, 2.45) is 0 Å². The number of hydrogen-bond donors (Lipinski definition) is 2. The van der Waals surface area contributed by atoms with Crippen LogP contribution in [-0.2, 0) is 11.3 Å². The predicted molar refractivity (Wildman–Crippen MR) is 119 cm³/mol. The molecule has 1 aliphatic rings. The van der Waals surface area contributed by atoms with Crippen molar-refractivity contribution in [3.8, 4) is 11.1 Å². The van der Waals surface area contributed by atoms with E-state index in [9.17, 15) is 4.79 Å². The summed E-state index contributed by atoms with van der Waals surface area (Å²) >= 11 is 0. The van der Waals surface area contributed by atoms with Gasteiger partial charge in [-0.05, 0) is 44.7 Å². The first kappa shape index (κ1) is 18.4. The van der Waals surface area contributed by atoms with E-state index >= 15 is 0 Å². The Balaban J connectivity index is 1.18. The van der Waals surface area contributed by atoms with Crippen molar-refractivity contribution in [2.45, 2.75) is 12.5 Å². The van der Waals surface area contributed by atoms with Crippen molar-refractivity contribution in [3.63, 3.8) is 0 Å². The molecule has 0 atom stereocenters. The number of rotatable bonds is 5. The minimum atomic E-state index is -0.474. The minimum Gasteiger partial charge on any atom is -0.448 e. The average molecular weight is 394 g/mol. The molecule has 4 nitrogen and oxygen atoms in total. The van der Waals surface area contributed by atoms with Gasteiger partial charge in [-0.3, -0.25) is 5.43 Å². The third-order valence-electron chi connectivity index (χ3n) is 5.64. The molecule has 4 heteroatoms. The Labute approximate surface area is 175 Å². The number of nitrogens with one attached hydrogen (secondary N) is 2. The summed E-state index contributed by atoms with van der Waals surface area (Å²) in [6, 6.07) is 31.1. The number of carbonyl (C=O) groups is 1. The highest BCUT2D eigenvalue weighted by Crippen LogP contribution is 2.44. The molecule has 1 aliphatic carbocycles. The minimum absolute atomic E-state index is 0.0589. The van der Waals surface area contributed by atoms with Crippen molar-refractivity contribution in [3.05, 3.63) is 108 Å². The van der Waals surface area contributed by atoms with Crippen LogP contribution in [0.4, 0.5) is 4.79 Å². The summed E-state index contributed by atoms with van der Waals surface area (Å²) in [5.74, 6) is 0.0589. The van der Waals surface area contributed by atoms with E-state index < -0.39 is 6.09 Å². The number of fused-ring (bicyclic) bond motifs is 4. The van der Waals surface area contributed by atoms with Crippen LogP contribution in [0.1, 0.15) is 22.6 Å². The van der Waals surface area contributed by atoms with Gasteiger partial charge in [-0.15, -0.1) is 0 Å². The molecule has 2 N–H and O–H groups in total. The van der Waals surface area contributed by atoms with Gasteiger partial charge in [0.15, 0.2) is 0 Å². The third kappa shape index (κ3) is 3.53. The molecule has 148 valence electrons. The van der Waals surface area contributed by atoms with Crippen molar-refractivity contribution in [1.82, 2.24) is 10.9 Å². The van der Waals surface area contributed by atoms with E-state index in [1.54, 1.807) is 0 Å². The topological polar surface area (TPSA) is 50.4 Å². The molecule has 4 aromatic carbocycles. The highest BCUT2D eigenvalue weighted by molar-refractivity contribution is 5.83. The van der Waals surface area contributed by atoms with Gasteiger partial charge in [-0.2, -0.15) is 0 Å². The van der Waals surface area contributed by atoms with Gasteiger partial charge in [-0.25, -0.2) is 10.2 Å². The SMILES string of the molecule is O=C(NNCc1ccc2ccccc2c1)OCC1c2ccccc2-c2ccccc21. The number of carbonyl (C=O) groups excluding carboxylic acids is 1. The zero-order valence-electron chi connectivity index (χ0n) is 16.5. The lowest BCUT2D eigenvalue weighted by atomic mass is 9.98. The van der Waals surface area contributed by atoms with Crippen LogP contribution in [0.5, 0.6) is 0 Å². The van der Waals surface area contributed by atoms with Crippen molar-refractivity contribution < 1.29 is 9.53 Å². The number of ether oxygens (including phenoxy) is 1. The Morgan fingerprint density at radius 1 is 0.767 bits per heavy atom. The second-order valence-corrected chi connectivity index (χ2v) is 7.49. The van der Waals surface area contributed by atoms with Crippen molar-refractivity contribution in [2.75, 3.05) is 6.61 Å². The Kier molecular flexibility index (Phi) is 4.91. The molecule has 0 aromatic heterocycles. The van der Waals surface area contributed by atoms with Crippen LogP contribution in [0.2, 0.25) is 0 Å². The lowest BCUT2D eigenvalue weighted by Crippen LogP contribution is -2.37. The Bertz CT molecular complexity index is 1170. The van der Waals surface area contributed by atoms with Gasteiger partial charge in [-0.1, -0.05) is 84.9 Å². The van der Waals surface area contributed by atoms with Crippen molar-refractivity contribution in [1.29, 1.82) is 0 Å². The first-order valence-electron chi connectivity index (χ1n) is 10.1. The molecule has 0 bridgehead atoms. The number of benzene rings is 4. The molecular weight excluding hydrogens is 372 g/mol. The maximum atomic E-state index is 12.2. The smallest absolute Gasteiger partial charge is 0.421 e. The summed E-state index contributed by atoms with van der Waals surface area (Å²) in [6.07, 6.45) is -0.474. The van der Waals surface area contributed by atoms with E-state index in [0.29, 0.717) is 13.2 Å². The van der Waals surface area contributed by atoms with E-state index in [1.165, 1.54) is 33.0 Å². The summed E-state index contributed by atoms with van der Waals surface area (Å²) in [4.78, 5) is 12.2. The van der Waals surface area contributed by atoms with Gasteiger partial charge in [0.25, 0.3) is 0 Å². The molecule has 0 aliphatic heterocycles. The molecule has 1 amide bonds. The molecule has 4 aromatic rings. The lowest BCUT2D eigenvalue weighted by molar-refractivity contribution is 0.138. The van der Waals surface area contributed by atoms with Crippen LogP contribution in [0, 0.1) is 0 Å². The number of hydrazine groups is 1. The standard InChI is InChI=1S/C26H22N2O2/c29-26(28-27-16-18-13-14-19-7-1-2-8-20(19)15-18)30-17-25-23-11-5-3-9-21(23)22-10-4-6-12-24(22)25/h1-15,25,27H,16-17H2,(H,28,29). The molecule has 0 saturated heterocycles. The number of hydrogen-bond acceptors (Lipinski definition) is 3. The molecule has 0 unspecified atom stereocenters. The molecule has 0 fully saturated rings.